The molecule has 0 fully saturated rings. The predicted octanol–water partition coefficient (Wildman–Crippen LogP) is 9.12. The third-order valence-electron chi connectivity index (χ3n) is 9.13. The Morgan fingerprint density at radius 3 is 2.20 bits per heavy atom. The summed E-state index contributed by atoms with van der Waals surface area (Å²) in [5.74, 6) is -0.219. The van der Waals surface area contributed by atoms with Gasteiger partial charge in [-0.15, -0.1) is 12.4 Å². The molecule has 1 heterocycles. The Labute approximate surface area is 273 Å². The van der Waals surface area contributed by atoms with Crippen LogP contribution in [0.4, 0.5) is 4.39 Å². The van der Waals surface area contributed by atoms with E-state index in [1.807, 2.05) is 6.07 Å². The molecule has 4 aromatic carbocycles. The van der Waals surface area contributed by atoms with Gasteiger partial charge in [-0.1, -0.05) is 90.5 Å². The van der Waals surface area contributed by atoms with Crippen molar-refractivity contribution in [3.05, 3.63) is 142 Å². The Morgan fingerprint density at radius 1 is 0.909 bits per heavy atom. The van der Waals surface area contributed by atoms with Gasteiger partial charge in [0.1, 0.15) is 5.82 Å². The first-order valence-corrected chi connectivity index (χ1v) is 16.0. The molecule has 6 heteroatoms. The topological polar surface area (TPSA) is 32.3 Å². The first-order chi connectivity index (χ1) is 20.9. The lowest BCUT2D eigenvalue weighted by molar-refractivity contribution is -0.121. The Morgan fingerprint density at radius 2 is 1.55 bits per heavy atom. The highest BCUT2D eigenvalue weighted by Crippen LogP contribution is 2.41. The van der Waals surface area contributed by atoms with Crippen molar-refractivity contribution in [2.75, 3.05) is 19.6 Å². The predicted molar refractivity (Wildman–Crippen MR) is 182 cm³/mol. The van der Waals surface area contributed by atoms with E-state index in [0.29, 0.717) is 25.4 Å². The lowest BCUT2D eigenvalue weighted by atomic mass is 9.68. The number of hydrogen-bond acceptors (Lipinski definition) is 2. The highest BCUT2D eigenvalue weighted by molar-refractivity contribution is 6.30. The van der Waals surface area contributed by atoms with E-state index in [1.54, 1.807) is 12.1 Å². The standard InChI is InChI=1S/C38H42ClFN2O.ClH/c1-29-36-28-34(39)18-17-31(36)22-27-42(29)26-9-24-38(32-10-4-2-5-11-32,33-12-6-3-7-13-33)23-8-25-41-37(43)21-16-30-14-19-35(40)20-15-30;/h2-7,10-15,17-20,28-29H,8-9,16,21-27H2,1H3,(H,41,43);1H. The zero-order valence-corrected chi connectivity index (χ0v) is 27.1. The first-order valence-electron chi connectivity index (χ1n) is 15.6. The molecule has 1 amide bonds. The summed E-state index contributed by atoms with van der Waals surface area (Å²) >= 11 is 6.36. The number of nitrogens with zero attached hydrogens (tertiary/aromatic N) is 1. The number of rotatable bonds is 13. The summed E-state index contributed by atoms with van der Waals surface area (Å²) in [7, 11) is 0. The van der Waals surface area contributed by atoms with Crippen LogP contribution in [0.1, 0.15) is 72.9 Å². The van der Waals surface area contributed by atoms with Crippen molar-refractivity contribution < 1.29 is 9.18 Å². The second-order valence-corrected chi connectivity index (χ2v) is 12.2. The monoisotopic (exact) mass is 632 g/mol. The maximum Gasteiger partial charge on any atom is 0.220 e. The molecule has 4 aromatic rings. The maximum atomic E-state index is 13.2. The van der Waals surface area contributed by atoms with Gasteiger partial charge in [-0.05, 0) is 104 Å². The minimum absolute atomic E-state index is 0. The molecular formula is C38H43Cl2FN2O. The van der Waals surface area contributed by atoms with Crippen molar-refractivity contribution in [1.29, 1.82) is 0 Å². The van der Waals surface area contributed by atoms with E-state index in [2.05, 4.69) is 89.9 Å². The largest absolute Gasteiger partial charge is 0.356 e. The van der Waals surface area contributed by atoms with Crippen LogP contribution in [0, 0.1) is 5.82 Å². The molecule has 0 bridgehead atoms. The van der Waals surface area contributed by atoms with Crippen LogP contribution in [0.15, 0.2) is 103 Å². The molecule has 1 unspecified atom stereocenters. The second-order valence-electron chi connectivity index (χ2n) is 11.8. The molecule has 1 atom stereocenters. The number of carbonyl (C=O) groups is 1. The smallest absolute Gasteiger partial charge is 0.220 e. The highest BCUT2D eigenvalue weighted by atomic mass is 35.5. The molecule has 1 aliphatic rings. The molecule has 0 radical (unpaired) electrons. The Bertz CT molecular complexity index is 1420. The van der Waals surface area contributed by atoms with Gasteiger partial charge >= 0.3 is 0 Å². The highest BCUT2D eigenvalue weighted by Gasteiger charge is 2.34. The van der Waals surface area contributed by atoms with E-state index < -0.39 is 0 Å². The zero-order valence-electron chi connectivity index (χ0n) is 25.5. The number of benzene rings is 4. The van der Waals surface area contributed by atoms with Crippen LogP contribution in [0.3, 0.4) is 0 Å². The quantitative estimate of drug-likeness (QED) is 0.149. The molecule has 0 spiro atoms. The Kier molecular flexibility index (Phi) is 12.4. The summed E-state index contributed by atoms with van der Waals surface area (Å²) in [6.45, 7) is 5.01. The number of aryl methyl sites for hydroxylation is 1. The lowest BCUT2D eigenvalue weighted by Gasteiger charge is -2.39. The number of carbonyl (C=O) groups excluding carboxylic acids is 1. The summed E-state index contributed by atoms with van der Waals surface area (Å²) in [6.07, 6.45) is 5.96. The van der Waals surface area contributed by atoms with Gasteiger partial charge in [0.05, 0.1) is 0 Å². The van der Waals surface area contributed by atoms with E-state index in [0.717, 1.165) is 55.8 Å². The van der Waals surface area contributed by atoms with E-state index in [9.17, 15) is 9.18 Å². The van der Waals surface area contributed by atoms with Gasteiger partial charge in [0.2, 0.25) is 5.91 Å². The molecule has 0 aromatic heterocycles. The van der Waals surface area contributed by atoms with E-state index in [4.69, 9.17) is 11.6 Å². The van der Waals surface area contributed by atoms with E-state index >= 15 is 0 Å². The zero-order chi connectivity index (χ0) is 30.1. The summed E-state index contributed by atoms with van der Waals surface area (Å²) < 4.78 is 13.2. The Balaban J connectivity index is 0.00000442. The molecule has 1 aliphatic heterocycles. The van der Waals surface area contributed by atoms with Crippen molar-refractivity contribution in [2.24, 2.45) is 0 Å². The average molecular weight is 634 g/mol. The molecular weight excluding hydrogens is 590 g/mol. The van der Waals surface area contributed by atoms with Gasteiger partial charge in [0, 0.05) is 36.0 Å². The maximum absolute atomic E-state index is 13.2. The van der Waals surface area contributed by atoms with E-state index in [1.165, 1.54) is 34.4 Å². The van der Waals surface area contributed by atoms with Gasteiger partial charge < -0.3 is 5.32 Å². The van der Waals surface area contributed by atoms with Crippen LogP contribution in [-0.2, 0) is 23.1 Å². The fourth-order valence-electron chi connectivity index (χ4n) is 6.72. The van der Waals surface area contributed by atoms with Crippen LogP contribution >= 0.6 is 24.0 Å². The van der Waals surface area contributed by atoms with Crippen LogP contribution in [0.2, 0.25) is 5.02 Å². The fraction of sp³-hybridized carbons (Fsp3) is 0.342. The number of fused-ring (bicyclic) bond motifs is 1. The normalized spacial score (nSPS) is 14.8. The minimum atomic E-state index is -0.255. The van der Waals surface area contributed by atoms with Gasteiger partial charge in [-0.2, -0.15) is 0 Å². The van der Waals surface area contributed by atoms with Crippen LogP contribution in [0.25, 0.3) is 0 Å². The minimum Gasteiger partial charge on any atom is -0.356 e. The third kappa shape index (κ3) is 8.50. The van der Waals surface area contributed by atoms with Crippen molar-refractivity contribution in [2.45, 2.75) is 63.3 Å². The summed E-state index contributed by atoms with van der Waals surface area (Å²) in [5.41, 5.74) is 6.24. The second kappa shape index (κ2) is 16.2. The molecule has 44 heavy (non-hydrogen) atoms. The van der Waals surface area contributed by atoms with Crippen LogP contribution in [-0.4, -0.2) is 30.4 Å². The number of halogens is 3. The molecule has 5 rings (SSSR count). The van der Waals surface area contributed by atoms with E-state index in [-0.39, 0.29) is 29.5 Å². The molecule has 1 N–H and O–H groups in total. The summed E-state index contributed by atoms with van der Waals surface area (Å²) in [4.78, 5) is 15.2. The molecule has 0 saturated heterocycles. The number of amides is 1. The van der Waals surface area contributed by atoms with Crippen molar-refractivity contribution in [3.63, 3.8) is 0 Å². The van der Waals surface area contributed by atoms with Crippen LogP contribution in [0.5, 0.6) is 0 Å². The third-order valence-corrected chi connectivity index (χ3v) is 9.37. The lowest BCUT2D eigenvalue weighted by Crippen LogP contribution is -2.36. The van der Waals surface area contributed by atoms with Gasteiger partial charge in [0.25, 0.3) is 0 Å². The van der Waals surface area contributed by atoms with Crippen molar-refractivity contribution in [3.8, 4) is 0 Å². The SMILES string of the molecule is CC1c2cc(Cl)ccc2CCN1CCCC(CCCNC(=O)CCc1ccc(F)cc1)(c1ccccc1)c1ccccc1.Cl. The van der Waals surface area contributed by atoms with Gasteiger partial charge in [0.15, 0.2) is 0 Å². The fourth-order valence-corrected chi connectivity index (χ4v) is 6.91. The first kappa shape index (κ1) is 33.7. The molecule has 0 aliphatic carbocycles. The molecule has 3 nitrogen and oxygen atoms in total. The number of hydrogen-bond donors (Lipinski definition) is 1. The average Bonchev–Trinajstić information content (AvgIpc) is 3.04. The summed E-state index contributed by atoms with van der Waals surface area (Å²) in [5, 5.41) is 3.94. The Hall–Kier alpha value is -3.18. The molecule has 232 valence electrons. The van der Waals surface area contributed by atoms with Crippen LogP contribution < -0.4 is 5.32 Å². The van der Waals surface area contributed by atoms with Crippen molar-refractivity contribution >= 4 is 29.9 Å². The number of nitrogens with one attached hydrogen (secondary N) is 1. The van der Waals surface area contributed by atoms with Gasteiger partial charge in [-0.3, -0.25) is 9.69 Å². The molecule has 0 saturated carbocycles. The summed E-state index contributed by atoms with van der Waals surface area (Å²) in [6, 6.07) is 34.8. The van der Waals surface area contributed by atoms with Crippen molar-refractivity contribution in [1.82, 2.24) is 10.2 Å². The van der Waals surface area contributed by atoms with Gasteiger partial charge in [-0.25, -0.2) is 4.39 Å².